The van der Waals surface area contributed by atoms with Gasteiger partial charge in [-0.15, -0.1) is 0 Å². The van der Waals surface area contributed by atoms with Crippen LogP contribution < -0.4 is 0 Å². The van der Waals surface area contributed by atoms with E-state index in [0.717, 1.165) is 11.4 Å². The monoisotopic (exact) mass is 315 g/mol. The van der Waals surface area contributed by atoms with Crippen molar-refractivity contribution in [2.45, 2.75) is 31.6 Å². The van der Waals surface area contributed by atoms with Gasteiger partial charge < -0.3 is 19.7 Å². The van der Waals surface area contributed by atoms with E-state index in [4.69, 9.17) is 0 Å². The van der Waals surface area contributed by atoms with E-state index in [-0.39, 0.29) is 19.0 Å². The van der Waals surface area contributed by atoms with Gasteiger partial charge in [0.15, 0.2) is 0 Å². The maximum absolute atomic E-state index is 12.5. The number of amides is 1. The topological polar surface area (TPSA) is 78.6 Å². The van der Waals surface area contributed by atoms with Crippen molar-refractivity contribution in [3.63, 3.8) is 0 Å². The summed E-state index contributed by atoms with van der Waals surface area (Å²) in [5.74, 6) is 0.651. The number of hydrogen-bond acceptors (Lipinski definition) is 4. The average molecular weight is 315 g/mol. The van der Waals surface area contributed by atoms with E-state index >= 15 is 0 Å². The Bertz CT molecular complexity index is 681. The van der Waals surface area contributed by atoms with Gasteiger partial charge in [0.25, 0.3) is 0 Å². The molecular weight excluding hydrogens is 294 g/mol. The van der Waals surface area contributed by atoms with Crippen LogP contribution in [0.4, 0.5) is 0 Å². The zero-order valence-electron chi connectivity index (χ0n) is 13.1. The molecule has 0 saturated carbocycles. The maximum Gasteiger partial charge on any atom is 0.242 e. The molecule has 1 aliphatic rings. The first-order chi connectivity index (χ1) is 11.0. The van der Waals surface area contributed by atoms with E-state index < -0.39 is 11.7 Å². The van der Waals surface area contributed by atoms with Crippen LogP contribution >= 0.6 is 0 Å². The fourth-order valence-electron chi connectivity index (χ4n) is 2.78. The first-order valence-corrected chi connectivity index (χ1v) is 7.72. The molecule has 1 aromatic heterocycles. The summed E-state index contributed by atoms with van der Waals surface area (Å²) in [4.78, 5) is 18.4. The molecule has 1 amide bonds. The minimum absolute atomic E-state index is 0.0882. The smallest absolute Gasteiger partial charge is 0.242 e. The van der Waals surface area contributed by atoms with Crippen molar-refractivity contribution < 1.29 is 15.0 Å². The van der Waals surface area contributed by atoms with Crippen molar-refractivity contribution in [1.29, 1.82) is 0 Å². The van der Waals surface area contributed by atoms with Gasteiger partial charge in [-0.3, -0.25) is 4.79 Å². The summed E-state index contributed by atoms with van der Waals surface area (Å²) in [6.45, 7) is 2.36. The standard InChI is InChI=1S/C17H21N3O3/c1-17(23)7-9-19(11-14(17)21)15(22)12-20-10-8-18-16(20)13-5-3-2-4-6-13/h2-6,8,10,14,21,23H,7,9,11-12H2,1H3/t14-,17-/m1/s1. The van der Waals surface area contributed by atoms with Crippen molar-refractivity contribution in [2.75, 3.05) is 13.1 Å². The lowest BCUT2D eigenvalue weighted by atomic mass is 9.91. The number of carbonyl (C=O) groups excluding carboxylic acids is 1. The van der Waals surface area contributed by atoms with Crippen LogP contribution in [-0.4, -0.2) is 55.4 Å². The number of likely N-dealkylation sites (tertiary alicyclic amines) is 1. The molecule has 122 valence electrons. The summed E-state index contributed by atoms with van der Waals surface area (Å²) in [5.41, 5.74) is -0.173. The van der Waals surface area contributed by atoms with E-state index in [0.29, 0.717) is 13.0 Å². The van der Waals surface area contributed by atoms with Crippen LogP contribution in [0.2, 0.25) is 0 Å². The number of β-amino-alcohol motifs (C(OH)–C–C–N with tert-alkyl or cyclic N) is 1. The van der Waals surface area contributed by atoms with Gasteiger partial charge in [-0.05, 0) is 13.3 Å². The molecule has 1 aliphatic heterocycles. The molecule has 0 radical (unpaired) electrons. The second-order valence-corrected chi connectivity index (χ2v) is 6.21. The number of benzene rings is 1. The minimum atomic E-state index is -1.12. The largest absolute Gasteiger partial charge is 0.388 e. The number of aliphatic hydroxyl groups excluding tert-OH is 1. The first-order valence-electron chi connectivity index (χ1n) is 7.72. The molecule has 2 N–H and O–H groups in total. The Labute approximate surface area is 135 Å². The number of aromatic nitrogens is 2. The van der Waals surface area contributed by atoms with Crippen molar-refractivity contribution in [3.05, 3.63) is 42.7 Å². The highest BCUT2D eigenvalue weighted by Crippen LogP contribution is 2.23. The number of carbonyl (C=O) groups is 1. The van der Waals surface area contributed by atoms with Crippen LogP contribution in [0.5, 0.6) is 0 Å². The predicted molar refractivity (Wildman–Crippen MR) is 85.5 cm³/mol. The van der Waals surface area contributed by atoms with E-state index in [1.165, 1.54) is 0 Å². The predicted octanol–water partition coefficient (Wildman–Crippen LogP) is 0.894. The Balaban J connectivity index is 1.71. The number of rotatable bonds is 3. The highest BCUT2D eigenvalue weighted by molar-refractivity contribution is 5.77. The summed E-state index contributed by atoms with van der Waals surface area (Å²) < 4.78 is 1.80. The maximum atomic E-state index is 12.5. The van der Waals surface area contributed by atoms with Gasteiger partial charge in [-0.2, -0.15) is 0 Å². The van der Waals surface area contributed by atoms with Crippen molar-refractivity contribution in [3.8, 4) is 11.4 Å². The molecule has 1 fully saturated rings. The van der Waals surface area contributed by atoms with E-state index in [2.05, 4.69) is 4.98 Å². The van der Waals surface area contributed by atoms with E-state index in [1.54, 1.807) is 28.8 Å². The number of piperidine rings is 1. The summed E-state index contributed by atoms with van der Waals surface area (Å²) in [6.07, 6.45) is 2.90. The molecule has 0 spiro atoms. The van der Waals surface area contributed by atoms with Crippen molar-refractivity contribution in [2.24, 2.45) is 0 Å². The molecule has 0 unspecified atom stereocenters. The van der Waals surface area contributed by atoms with Gasteiger partial charge in [-0.1, -0.05) is 30.3 Å². The lowest BCUT2D eigenvalue weighted by Gasteiger charge is -2.40. The Morgan fingerprint density at radius 3 is 2.83 bits per heavy atom. The summed E-state index contributed by atoms with van der Waals surface area (Å²) in [5, 5.41) is 19.9. The molecule has 2 atom stereocenters. The Kier molecular flexibility index (Phi) is 4.19. The van der Waals surface area contributed by atoms with Crippen molar-refractivity contribution in [1.82, 2.24) is 14.5 Å². The van der Waals surface area contributed by atoms with Crippen LogP contribution in [0.25, 0.3) is 11.4 Å². The quantitative estimate of drug-likeness (QED) is 0.882. The third-order valence-corrected chi connectivity index (χ3v) is 4.40. The zero-order valence-corrected chi connectivity index (χ0v) is 13.1. The third kappa shape index (κ3) is 3.28. The molecule has 6 nitrogen and oxygen atoms in total. The zero-order chi connectivity index (χ0) is 16.4. The normalized spacial score (nSPS) is 24.7. The molecule has 0 bridgehead atoms. The Morgan fingerprint density at radius 1 is 1.39 bits per heavy atom. The SMILES string of the molecule is C[C@@]1(O)CCN(C(=O)Cn2ccnc2-c2ccccc2)C[C@H]1O. The van der Waals surface area contributed by atoms with Crippen LogP contribution in [0.3, 0.4) is 0 Å². The van der Waals surface area contributed by atoms with Gasteiger partial charge in [0.05, 0.1) is 11.7 Å². The second-order valence-electron chi connectivity index (χ2n) is 6.21. The van der Waals surface area contributed by atoms with Gasteiger partial charge in [0, 0.05) is 31.0 Å². The average Bonchev–Trinajstić information content (AvgIpc) is 2.99. The molecule has 2 aromatic rings. The molecule has 6 heteroatoms. The van der Waals surface area contributed by atoms with E-state index in [1.807, 2.05) is 30.3 Å². The van der Waals surface area contributed by atoms with Crippen LogP contribution in [0, 0.1) is 0 Å². The number of aliphatic hydroxyl groups is 2. The summed E-state index contributed by atoms with van der Waals surface area (Å²) >= 11 is 0. The minimum Gasteiger partial charge on any atom is -0.388 e. The fraction of sp³-hybridized carbons (Fsp3) is 0.412. The molecule has 2 heterocycles. The highest BCUT2D eigenvalue weighted by Gasteiger charge is 2.37. The molecule has 0 aliphatic carbocycles. The van der Waals surface area contributed by atoms with Gasteiger partial charge in [-0.25, -0.2) is 4.98 Å². The number of nitrogens with zero attached hydrogens (tertiary/aromatic N) is 3. The lowest BCUT2D eigenvalue weighted by Crippen LogP contribution is -2.55. The summed E-state index contributed by atoms with van der Waals surface area (Å²) in [6, 6.07) is 9.69. The summed E-state index contributed by atoms with van der Waals surface area (Å²) in [7, 11) is 0. The Morgan fingerprint density at radius 2 is 2.13 bits per heavy atom. The van der Waals surface area contributed by atoms with Crippen molar-refractivity contribution >= 4 is 5.91 Å². The first kappa shape index (κ1) is 15.7. The lowest BCUT2D eigenvalue weighted by molar-refractivity contribution is -0.146. The second kappa shape index (κ2) is 6.14. The van der Waals surface area contributed by atoms with Crippen LogP contribution in [0.1, 0.15) is 13.3 Å². The van der Waals surface area contributed by atoms with Crippen LogP contribution in [0.15, 0.2) is 42.7 Å². The molecule has 23 heavy (non-hydrogen) atoms. The van der Waals surface area contributed by atoms with E-state index in [9.17, 15) is 15.0 Å². The van der Waals surface area contributed by atoms with Gasteiger partial charge in [0.2, 0.25) is 5.91 Å². The molecular formula is C17H21N3O3. The van der Waals surface area contributed by atoms with Gasteiger partial charge in [0.1, 0.15) is 12.4 Å². The Hall–Kier alpha value is -2.18. The van der Waals surface area contributed by atoms with Gasteiger partial charge >= 0.3 is 0 Å². The molecule has 1 aromatic carbocycles. The fourth-order valence-corrected chi connectivity index (χ4v) is 2.78. The van der Waals surface area contributed by atoms with Crippen LogP contribution in [-0.2, 0) is 11.3 Å². The molecule has 1 saturated heterocycles. The number of imidazole rings is 1. The third-order valence-electron chi connectivity index (χ3n) is 4.40. The number of hydrogen-bond donors (Lipinski definition) is 2. The molecule has 3 rings (SSSR count). The highest BCUT2D eigenvalue weighted by atomic mass is 16.3.